The number of amides is 1. The first-order chi connectivity index (χ1) is 16.1. The first-order valence-corrected chi connectivity index (χ1v) is 11.6. The summed E-state index contributed by atoms with van der Waals surface area (Å²) in [6.07, 6.45) is 0.352. The molecule has 1 fully saturated rings. The van der Waals surface area contributed by atoms with Gasteiger partial charge in [-0.15, -0.1) is 0 Å². The third-order valence-electron chi connectivity index (χ3n) is 5.40. The molecule has 1 N–H and O–H groups in total. The molecule has 0 bridgehead atoms. The van der Waals surface area contributed by atoms with Gasteiger partial charge in [0.1, 0.15) is 0 Å². The molecular formula is C22H22F2N2O7S. The topological polar surface area (TPSA) is 119 Å². The molecule has 0 unspecified atom stereocenters. The number of rotatable bonds is 6. The van der Waals surface area contributed by atoms with Gasteiger partial charge in [0.05, 0.1) is 30.2 Å². The Morgan fingerprint density at radius 2 is 1.47 bits per heavy atom. The molecule has 2 aromatic carbocycles. The number of sulfonamides is 1. The first-order valence-electron chi connectivity index (χ1n) is 10.1. The number of carbonyl (C=O) groups is 3. The van der Waals surface area contributed by atoms with Crippen LogP contribution in [0.4, 0.5) is 14.5 Å². The molecule has 0 aromatic heterocycles. The molecule has 0 spiro atoms. The van der Waals surface area contributed by atoms with Crippen LogP contribution in [0.15, 0.2) is 41.3 Å². The second-order valence-electron chi connectivity index (χ2n) is 7.53. The van der Waals surface area contributed by atoms with Gasteiger partial charge in [-0.05, 0) is 49.2 Å². The zero-order valence-corrected chi connectivity index (χ0v) is 19.2. The molecule has 0 saturated carbocycles. The van der Waals surface area contributed by atoms with E-state index in [4.69, 9.17) is 0 Å². The van der Waals surface area contributed by atoms with Crippen LogP contribution in [0.1, 0.15) is 33.6 Å². The van der Waals surface area contributed by atoms with Crippen molar-refractivity contribution < 1.29 is 41.1 Å². The van der Waals surface area contributed by atoms with Crippen LogP contribution in [0.25, 0.3) is 0 Å². The van der Waals surface area contributed by atoms with Crippen LogP contribution < -0.4 is 5.32 Å². The summed E-state index contributed by atoms with van der Waals surface area (Å²) in [7, 11) is -1.70. The quantitative estimate of drug-likeness (QED) is 0.611. The number of hydrogen-bond acceptors (Lipinski definition) is 7. The molecule has 1 aliphatic rings. The zero-order chi connectivity index (χ0) is 25.0. The summed E-state index contributed by atoms with van der Waals surface area (Å²) in [4.78, 5) is 36.2. The van der Waals surface area contributed by atoms with Crippen molar-refractivity contribution in [2.24, 2.45) is 5.92 Å². The van der Waals surface area contributed by atoms with Crippen molar-refractivity contribution in [3.63, 3.8) is 0 Å². The fourth-order valence-electron chi connectivity index (χ4n) is 3.56. The lowest BCUT2D eigenvalue weighted by atomic mass is 9.97. The van der Waals surface area contributed by atoms with E-state index >= 15 is 0 Å². The van der Waals surface area contributed by atoms with E-state index in [1.165, 1.54) is 32.4 Å². The van der Waals surface area contributed by atoms with Crippen molar-refractivity contribution in [1.82, 2.24) is 4.31 Å². The van der Waals surface area contributed by atoms with Gasteiger partial charge in [0.15, 0.2) is 11.6 Å². The Balaban J connectivity index is 1.70. The maximum Gasteiger partial charge on any atom is 0.337 e. The molecule has 0 atom stereocenters. The molecule has 0 radical (unpaired) electrons. The van der Waals surface area contributed by atoms with Gasteiger partial charge in [-0.1, -0.05) is 0 Å². The number of carbonyl (C=O) groups excluding carboxylic acids is 3. The second kappa shape index (κ2) is 10.3. The molecule has 0 aliphatic carbocycles. The second-order valence-corrected chi connectivity index (χ2v) is 9.46. The fourth-order valence-corrected chi connectivity index (χ4v) is 5.04. The highest BCUT2D eigenvalue weighted by Gasteiger charge is 2.32. The lowest BCUT2D eigenvalue weighted by molar-refractivity contribution is -0.120. The number of anilines is 1. The average Bonchev–Trinajstić information content (AvgIpc) is 2.84. The van der Waals surface area contributed by atoms with Gasteiger partial charge in [0.25, 0.3) is 0 Å². The van der Waals surface area contributed by atoms with Gasteiger partial charge in [0, 0.05) is 24.7 Å². The Morgan fingerprint density at radius 1 is 0.912 bits per heavy atom. The summed E-state index contributed by atoms with van der Waals surface area (Å²) >= 11 is 0. The lowest BCUT2D eigenvalue weighted by Gasteiger charge is -2.30. The van der Waals surface area contributed by atoms with Crippen molar-refractivity contribution in [1.29, 1.82) is 0 Å². The summed E-state index contributed by atoms with van der Waals surface area (Å²) < 4.78 is 62.5. The average molecular weight is 496 g/mol. The molecule has 2 aromatic rings. The summed E-state index contributed by atoms with van der Waals surface area (Å²) in [6.45, 7) is -0.00987. The highest BCUT2D eigenvalue weighted by atomic mass is 32.2. The van der Waals surface area contributed by atoms with Crippen molar-refractivity contribution in [2.45, 2.75) is 17.7 Å². The van der Waals surface area contributed by atoms with E-state index in [0.29, 0.717) is 6.07 Å². The predicted octanol–water partition coefficient (Wildman–Crippen LogP) is 2.58. The Kier molecular flexibility index (Phi) is 7.62. The Labute approximate surface area is 194 Å². The number of nitrogens with one attached hydrogen (secondary N) is 1. The highest BCUT2D eigenvalue weighted by Crippen LogP contribution is 2.26. The van der Waals surface area contributed by atoms with Gasteiger partial charge >= 0.3 is 11.9 Å². The van der Waals surface area contributed by atoms with Crippen LogP contribution in [0.3, 0.4) is 0 Å². The summed E-state index contributed by atoms with van der Waals surface area (Å²) in [6, 6.07) is 6.32. The first kappa shape index (κ1) is 25.2. The predicted molar refractivity (Wildman–Crippen MR) is 116 cm³/mol. The molecule has 182 valence electrons. The van der Waals surface area contributed by atoms with Gasteiger partial charge < -0.3 is 14.8 Å². The van der Waals surface area contributed by atoms with E-state index in [1.807, 2.05) is 0 Å². The van der Waals surface area contributed by atoms with Crippen molar-refractivity contribution in [3.05, 3.63) is 59.2 Å². The van der Waals surface area contributed by atoms with E-state index in [-0.39, 0.29) is 47.6 Å². The van der Waals surface area contributed by atoms with E-state index < -0.39 is 45.4 Å². The monoisotopic (exact) mass is 496 g/mol. The highest BCUT2D eigenvalue weighted by molar-refractivity contribution is 7.89. The number of esters is 2. The largest absolute Gasteiger partial charge is 0.465 e. The fraction of sp³-hybridized carbons (Fsp3) is 0.318. The van der Waals surface area contributed by atoms with Crippen LogP contribution in [-0.4, -0.2) is 57.9 Å². The molecule has 1 aliphatic heterocycles. The number of ether oxygens (including phenoxy) is 2. The number of nitrogens with zero attached hydrogens (tertiary/aromatic N) is 1. The maximum atomic E-state index is 13.5. The zero-order valence-electron chi connectivity index (χ0n) is 18.3. The number of methoxy groups -OCH3 is 2. The molecule has 1 saturated heterocycles. The SMILES string of the molecule is COC(=O)c1cc(NC(=O)C2CCN(S(=O)(=O)c3ccc(F)c(F)c3)CC2)cc(C(=O)OC)c1. The summed E-state index contributed by atoms with van der Waals surface area (Å²) in [5, 5.41) is 2.64. The minimum Gasteiger partial charge on any atom is -0.465 e. The standard InChI is InChI=1S/C22H22F2N2O7S/c1-32-21(28)14-9-15(22(29)33-2)11-16(10-14)25-20(27)13-5-7-26(8-6-13)34(30,31)17-3-4-18(23)19(24)12-17/h3-4,9-13H,5-8H2,1-2H3,(H,25,27). The van der Waals surface area contributed by atoms with Crippen LogP contribution in [-0.2, 0) is 24.3 Å². The van der Waals surface area contributed by atoms with Crippen LogP contribution in [0.5, 0.6) is 0 Å². The van der Waals surface area contributed by atoms with E-state index in [9.17, 15) is 31.6 Å². The lowest BCUT2D eigenvalue weighted by Crippen LogP contribution is -2.41. The van der Waals surface area contributed by atoms with Crippen LogP contribution in [0.2, 0.25) is 0 Å². The molecule has 12 heteroatoms. The Bertz CT molecular complexity index is 1190. The third-order valence-corrected chi connectivity index (χ3v) is 7.29. The van der Waals surface area contributed by atoms with Gasteiger partial charge in [0.2, 0.25) is 15.9 Å². The van der Waals surface area contributed by atoms with Crippen molar-refractivity contribution in [2.75, 3.05) is 32.6 Å². The molecule has 3 rings (SSSR count). The molecular weight excluding hydrogens is 474 g/mol. The Morgan fingerprint density at radius 3 is 1.97 bits per heavy atom. The third kappa shape index (κ3) is 5.39. The number of benzene rings is 2. The number of halogens is 2. The minimum absolute atomic E-state index is 0.00493. The van der Waals surface area contributed by atoms with Crippen LogP contribution >= 0.6 is 0 Å². The minimum atomic E-state index is -4.05. The van der Waals surface area contributed by atoms with Gasteiger partial charge in [-0.25, -0.2) is 26.8 Å². The van der Waals surface area contributed by atoms with Gasteiger partial charge in [-0.3, -0.25) is 4.79 Å². The molecule has 9 nitrogen and oxygen atoms in total. The molecule has 34 heavy (non-hydrogen) atoms. The van der Waals surface area contributed by atoms with Crippen LogP contribution in [0, 0.1) is 17.6 Å². The van der Waals surface area contributed by atoms with E-state index in [0.717, 1.165) is 16.4 Å². The van der Waals surface area contributed by atoms with E-state index in [2.05, 4.69) is 14.8 Å². The summed E-state index contributed by atoms with van der Waals surface area (Å²) in [5.74, 6) is -4.83. The number of piperidine rings is 1. The molecule has 1 amide bonds. The summed E-state index contributed by atoms with van der Waals surface area (Å²) in [5.41, 5.74) is 0.242. The normalized spacial score (nSPS) is 14.9. The number of hydrogen-bond donors (Lipinski definition) is 1. The molecule has 1 heterocycles. The van der Waals surface area contributed by atoms with Crippen molar-refractivity contribution in [3.8, 4) is 0 Å². The maximum absolute atomic E-state index is 13.5. The van der Waals surface area contributed by atoms with Gasteiger partial charge in [-0.2, -0.15) is 4.31 Å². The smallest absolute Gasteiger partial charge is 0.337 e. The Hall–Kier alpha value is -3.38. The van der Waals surface area contributed by atoms with Crippen molar-refractivity contribution >= 4 is 33.6 Å². The van der Waals surface area contributed by atoms with E-state index in [1.54, 1.807) is 0 Å².